The Kier molecular flexibility index (Phi) is 5.70. The molecule has 3 aromatic rings. The topological polar surface area (TPSA) is 80.5 Å². The van der Waals surface area contributed by atoms with Gasteiger partial charge in [0.05, 0.1) is 7.11 Å². The van der Waals surface area contributed by atoms with Crippen molar-refractivity contribution in [2.24, 2.45) is 0 Å². The number of hydrogen-bond acceptors (Lipinski definition) is 5. The second-order valence-corrected chi connectivity index (χ2v) is 7.62. The molecule has 1 aromatic heterocycles. The lowest BCUT2D eigenvalue weighted by Crippen LogP contribution is -2.40. The monoisotopic (exact) mass is 406 g/mol. The number of aryl methyl sites for hydroxylation is 1. The third kappa shape index (κ3) is 4.15. The number of carbonyl (C=O) groups excluding carboxylic acids is 1. The van der Waals surface area contributed by atoms with E-state index in [1.807, 2.05) is 61.2 Å². The van der Waals surface area contributed by atoms with Gasteiger partial charge in [0, 0.05) is 30.3 Å². The lowest BCUT2D eigenvalue weighted by atomic mass is 9.97. The molecule has 1 aliphatic heterocycles. The van der Waals surface area contributed by atoms with Gasteiger partial charge in [0.1, 0.15) is 5.75 Å². The highest BCUT2D eigenvalue weighted by Gasteiger charge is 2.28. The second-order valence-electron chi connectivity index (χ2n) is 7.62. The highest BCUT2D eigenvalue weighted by atomic mass is 16.5. The van der Waals surface area contributed by atoms with Crippen molar-refractivity contribution in [3.8, 4) is 17.1 Å². The third-order valence-electron chi connectivity index (χ3n) is 5.77. The van der Waals surface area contributed by atoms with Gasteiger partial charge in [0.15, 0.2) is 0 Å². The number of piperidine rings is 1. The number of likely N-dealkylation sites (tertiary alicyclic amines) is 1. The molecule has 0 bridgehead atoms. The number of rotatable bonds is 4. The standard InChI is InChI=1S/C23H26N4O3/c1-15-5-4-6-20(16(15)2)24-23(28)27-13-11-18(12-14-27)22-25-21(26-30-22)17-7-9-19(29-3)10-8-17/h4-10,18H,11-14H2,1-3H3,(H,24,28). The summed E-state index contributed by atoms with van der Waals surface area (Å²) in [6.45, 7) is 5.37. The highest BCUT2D eigenvalue weighted by Crippen LogP contribution is 2.29. The lowest BCUT2D eigenvalue weighted by molar-refractivity contribution is 0.187. The summed E-state index contributed by atoms with van der Waals surface area (Å²) in [5, 5.41) is 7.16. The Morgan fingerprint density at radius 1 is 1.13 bits per heavy atom. The van der Waals surface area contributed by atoms with Gasteiger partial charge in [0.2, 0.25) is 11.7 Å². The molecule has 7 nitrogen and oxygen atoms in total. The summed E-state index contributed by atoms with van der Waals surface area (Å²) in [4.78, 5) is 19.1. The molecule has 0 aliphatic carbocycles. The molecule has 1 N–H and O–H groups in total. The van der Waals surface area contributed by atoms with E-state index >= 15 is 0 Å². The minimum atomic E-state index is -0.0633. The molecule has 1 fully saturated rings. The summed E-state index contributed by atoms with van der Waals surface area (Å²) in [6, 6.07) is 13.4. The minimum Gasteiger partial charge on any atom is -0.497 e. The van der Waals surface area contributed by atoms with Crippen molar-refractivity contribution in [3.05, 3.63) is 59.5 Å². The quantitative estimate of drug-likeness (QED) is 0.675. The van der Waals surface area contributed by atoms with Crippen molar-refractivity contribution >= 4 is 11.7 Å². The molecule has 0 atom stereocenters. The van der Waals surface area contributed by atoms with Crippen LogP contribution in [0.25, 0.3) is 11.4 Å². The smallest absolute Gasteiger partial charge is 0.321 e. The van der Waals surface area contributed by atoms with Gasteiger partial charge in [0.25, 0.3) is 0 Å². The number of nitrogens with zero attached hydrogens (tertiary/aromatic N) is 3. The number of hydrogen-bond donors (Lipinski definition) is 1. The molecule has 1 saturated heterocycles. The Hall–Kier alpha value is -3.35. The summed E-state index contributed by atoms with van der Waals surface area (Å²) < 4.78 is 10.7. The average Bonchev–Trinajstić information content (AvgIpc) is 3.27. The Morgan fingerprint density at radius 3 is 2.57 bits per heavy atom. The van der Waals surface area contributed by atoms with Gasteiger partial charge < -0.3 is 19.5 Å². The van der Waals surface area contributed by atoms with Crippen LogP contribution in [0.15, 0.2) is 47.0 Å². The molecular formula is C23H26N4O3. The fourth-order valence-electron chi connectivity index (χ4n) is 3.67. The number of benzene rings is 2. The number of urea groups is 1. The number of ether oxygens (including phenoxy) is 1. The molecule has 0 unspecified atom stereocenters. The van der Waals surface area contributed by atoms with Crippen LogP contribution in [0, 0.1) is 13.8 Å². The van der Waals surface area contributed by atoms with Gasteiger partial charge in [-0.3, -0.25) is 0 Å². The molecule has 0 saturated carbocycles. The second kappa shape index (κ2) is 8.57. The highest BCUT2D eigenvalue weighted by molar-refractivity contribution is 5.90. The molecule has 2 heterocycles. The first-order chi connectivity index (χ1) is 14.5. The van der Waals surface area contributed by atoms with Crippen LogP contribution in [0.3, 0.4) is 0 Å². The maximum Gasteiger partial charge on any atom is 0.321 e. The van der Waals surface area contributed by atoms with Gasteiger partial charge in [-0.1, -0.05) is 17.3 Å². The van der Waals surface area contributed by atoms with Crippen molar-refractivity contribution in [1.82, 2.24) is 15.0 Å². The molecule has 7 heteroatoms. The third-order valence-corrected chi connectivity index (χ3v) is 5.77. The summed E-state index contributed by atoms with van der Waals surface area (Å²) in [5.41, 5.74) is 4.01. The van der Waals surface area contributed by atoms with Crippen molar-refractivity contribution in [1.29, 1.82) is 0 Å². The van der Waals surface area contributed by atoms with Gasteiger partial charge >= 0.3 is 6.03 Å². The minimum absolute atomic E-state index is 0.0633. The van der Waals surface area contributed by atoms with E-state index in [-0.39, 0.29) is 11.9 Å². The molecule has 2 aromatic carbocycles. The Balaban J connectivity index is 1.36. The van der Waals surface area contributed by atoms with Crippen LogP contribution in [0.1, 0.15) is 35.8 Å². The van der Waals surface area contributed by atoms with Crippen LogP contribution in [-0.4, -0.2) is 41.3 Å². The molecule has 2 amide bonds. The fraction of sp³-hybridized carbons (Fsp3) is 0.348. The zero-order chi connectivity index (χ0) is 21.1. The van der Waals surface area contributed by atoms with E-state index in [4.69, 9.17) is 9.26 Å². The van der Waals surface area contributed by atoms with Crippen molar-refractivity contribution in [2.75, 3.05) is 25.5 Å². The van der Waals surface area contributed by atoms with E-state index < -0.39 is 0 Å². The first-order valence-corrected chi connectivity index (χ1v) is 10.2. The van der Waals surface area contributed by atoms with Crippen LogP contribution in [0.4, 0.5) is 10.5 Å². The van der Waals surface area contributed by atoms with Crippen molar-refractivity contribution in [3.63, 3.8) is 0 Å². The Bertz CT molecular complexity index is 1020. The molecular weight excluding hydrogens is 380 g/mol. The van der Waals surface area contributed by atoms with Crippen molar-refractivity contribution < 1.29 is 14.1 Å². The van der Waals surface area contributed by atoms with Gasteiger partial charge in [-0.15, -0.1) is 0 Å². The molecule has 4 rings (SSSR count). The van der Waals surface area contributed by atoms with E-state index in [0.29, 0.717) is 24.8 Å². The van der Waals surface area contributed by atoms with E-state index in [0.717, 1.165) is 41.0 Å². The fourth-order valence-corrected chi connectivity index (χ4v) is 3.67. The number of carbonyl (C=O) groups is 1. The number of anilines is 1. The summed E-state index contributed by atoms with van der Waals surface area (Å²) >= 11 is 0. The molecule has 0 spiro atoms. The molecule has 1 aliphatic rings. The first kappa shape index (κ1) is 19.9. The SMILES string of the molecule is COc1ccc(-c2noc(C3CCN(C(=O)Nc4cccc(C)c4C)CC3)n2)cc1. The van der Waals surface area contributed by atoms with E-state index in [1.54, 1.807) is 7.11 Å². The molecule has 30 heavy (non-hydrogen) atoms. The number of aromatic nitrogens is 2. The van der Waals surface area contributed by atoms with Gasteiger partial charge in [-0.05, 0) is 68.1 Å². The first-order valence-electron chi connectivity index (χ1n) is 10.2. The van der Waals surface area contributed by atoms with E-state index in [1.165, 1.54) is 0 Å². The maximum atomic E-state index is 12.7. The van der Waals surface area contributed by atoms with Crippen LogP contribution in [0.2, 0.25) is 0 Å². The predicted octanol–water partition coefficient (Wildman–Crippen LogP) is 4.77. The van der Waals surface area contributed by atoms with Gasteiger partial charge in [-0.25, -0.2) is 4.79 Å². The van der Waals surface area contributed by atoms with Crippen LogP contribution >= 0.6 is 0 Å². The van der Waals surface area contributed by atoms with Crippen LogP contribution < -0.4 is 10.1 Å². The van der Waals surface area contributed by atoms with Crippen LogP contribution in [-0.2, 0) is 0 Å². The van der Waals surface area contributed by atoms with E-state index in [2.05, 4.69) is 15.5 Å². The van der Waals surface area contributed by atoms with Crippen LogP contribution in [0.5, 0.6) is 5.75 Å². The summed E-state index contributed by atoms with van der Waals surface area (Å²) in [7, 11) is 1.64. The number of nitrogens with one attached hydrogen (secondary N) is 1. The average molecular weight is 406 g/mol. The predicted molar refractivity (Wildman–Crippen MR) is 115 cm³/mol. The lowest BCUT2D eigenvalue weighted by Gasteiger charge is -2.30. The Morgan fingerprint density at radius 2 is 1.87 bits per heavy atom. The van der Waals surface area contributed by atoms with Gasteiger partial charge in [-0.2, -0.15) is 4.98 Å². The molecule has 0 radical (unpaired) electrons. The zero-order valence-electron chi connectivity index (χ0n) is 17.5. The summed E-state index contributed by atoms with van der Waals surface area (Å²) in [5.74, 6) is 2.15. The number of amides is 2. The van der Waals surface area contributed by atoms with Crippen molar-refractivity contribution in [2.45, 2.75) is 32.6 Å². The Labute approximate surface area is 176 Å². The zero-order valence-corrected chi connectivity index (χ0v) is 17.5. The maximum absolute atomic E-state index is 12.7. The largest absolute Gasteiger partial charge is 0.497 e. The number of methoxy groups -OCH3 is 1. The normalized spacial score (nSPS) is 14.6. The molecule has 156 valence electrons. The summed E-state index contributed by atoms with van der Waals surface area (Å²) in [6.07, 6.45) is 1.59. The van der Waals surface area contributed by atoms with E-state index in [9.17, 15) is 4.79 Å².